The number of aromatic amines is 1. The molecule has 2 heterocycles. The average Bonchev–Trinajstić information content (AvgIpc) is 2.70. The summed E-state index contributed by atoms with van der Waals surface area (Å²) < 4.78 is 1.41. The number of nitrogens with two attached hydrogens (primary N) is 1. The van der Waals surface area contributed by atoms with Gasteiger partial charge in [-0.3, -0.25) is 4.57 Å². The molecule has 2 aromatic heterocycles. The van der Waals surface area contributed by atoms with E-state index in [0.717, 1.165) is 0 Å². The van der Waals surface area contributed by atoms with Crippen molar-refractivity contribution >= 4 is 17.6 Å². The van der Waals surface area contributed by atoms with Gasteiger partial charge in [0.1, 0.15) is 16.7 Å². The molecule has 0 aliphatic heterocycles. The van der Waals surface area contributed by atoms with Crippen LogP contribution in [0, 0.1) is 0 Å². The number of aromatic nitrogens is 5. The highest BCUT2D eigenvalue weighted by Crippen LogP contribution is 2.25. The first-order valence-electron chi connectivity index (χ1n) is 5.66. The van der Waals surface area contributed by atoms with E-state index in [1.165, 1.54) is 16.3 Å². The molecule has 0 spiro atoms. The van der Waals surface area contributed by atoms with Crippen molar-refractivity contribution in [2.45, 2.75) is 29.9 Å². The van der Waals surface area contributed by atoms with E-state index >= 15 is 0 Å². The summed E-state index contributed by atoms with van der Waals surface area (Å²) in [5.41, 5.74) is 2.24. The van der Waals surface area contributed by atoms with Gasteiger partial charge < -0.3 is 5.43 Å². The molecule has 8 nitrogen and oxygen atoms in total. The van der Waals surface area contributed by atoms with Crippen LogP contribution in [0.2, 0.25) is 0 Å². The van der Waals surface area contributed by atoms with Gasteiger partial charge in [0.05, 0.1) is 0 Å². The Balaban J connectivity index is 2.36. The molecule has 0 bridgehead atoms. The number of hydrogen-bond acceptors (Lipinski definition) is 7. The lowest BCUT2D eigenvalue weighted by atomic mass is 10.2. The Morgan fingerprint density at radius 3 is 2.74 bits per heavy atom. The predicted molar refractivity (Wildman–Crippen MR) is 71.9 cm³/mol. The number of nitrogens with one attached hydrogen (secondary N) is 2. The molecular formula is C10H15N7OS. The van der Waals surface area contributed by atoms with E-state index in [9.17, 15) is 4.79 Å². The van der Waals surface area contributed by atoms with Crippen LogP contribution in [0.1, 0.15) is 25.6 Å². The van der Waals surface area contributed by atoms with Crippen molar-refractivity contribution in [2.75, 3.05) is 5.43 Å². The average molecular weight is 281 g/mol. The molecule has 0 aromatic carbocycles. The first-order chi connectivity index (χ1) is 9.01. The van der Waals surface area contributed by atoms with Crippen molar-refractivity contribution in [3.05, 3.63) is 22.4 Å². The zero-order chi connectivity index (χ0) is 14.0. The van der Waals surface area contributed by atoms with Gasteiger partial charge >= 0.3 is 5.69 Å². The molecule has 19 heavy (non-hydrogen) atoms. The van der Waals surface area contributed by atoms with E-state index in [1.807, 2.05) is 13.8 Å². The van der Waals surface area contributed by atoms with Crippen LogP contribution in [0.3, 0.4) is 0 Å². The summed E-state index contributed by atoms with van der Waals surface area (Å²) in [6.45, 7) is 3.99. The highest BCUT2D eigenvalue weighted by Gasteiger charge is 2.12. The summed E-state index contributed by atoms with van der Waals surface area (Å²) in [7, 11) is 1.64. The van der Waals surface area contributed by atoms with Crippen molar-refractivity contribution in [3.8, 4) is 0 Å². The van der Waals surface area contributed by atoms with Gasteiger partial charge in [-0.2, -0.15) is 0 Å². The van der Waals surface area contributed by atoms with Crippen molar-refractivity contribution in [2.24, 2.45) is 12.9 Å². The normalized spacial score (nSPS) is 11.0. The Hall–Kier alpha value is -1.87. The summed E-state index contributed by atoms with van der Waals surface area (Å²) in [6, 6.07) is 1.70. The van der Waals surface area contributed by atoms with Crippen molar-refractivity contribution in [3.63, 3.8) is 0 Å². The third kappa shape index (κ3) is 2.93. The third-order valence-corrected chi connectivity index (χ3v) is 3.38. The Kier molecular flexibility index (Phi) is 3.86. The Bertz CT molecular complexity index is 633. The topological polar surface area (TPSA) is 115 Å². The number of nitrogens with zero attached hydrogens (tertiary/aromatic N) is 4. The second-order valence-electron chi connectivity index (χ2n) is 4.22. The van der Waals surface area contributed by atoms with Crippen LogP contribution in [0.4, 0.5) is 5.82 Å². The molecule has 0 unspecified atom stereocenters. The largest absolute Gasteiger partial charge is 0.343 e. The highest BCUT2D eigenvalue weighted by molar-refractivity contribution is 7.99. The van der Waals surface area contributed by atoms with Gasteiger partial charge in [-0.25, -0.2) is 25.7 Å². The van der Waals surface area contributed by atoms with E-state index in [0.29, 0.717) is 21.8 Å². The monoisotopic (exact) mass is 281 g/mol. The van der Waals surface area contributed by atoms with Gasteiger partial charge in [0.25, 0.3) is 0 Å². The molecule has 9 heteroatoms. The minimum atomic E-state index is -0.266. The lowest BCUT2D eigenvalue weighted by Gasteiger charge is -2.08. The molecule has 0 aliphatic carbocycles. The molecule has 0 fully saturated rings. The maximum absolute atomic E-state index is 11.3. The Labute approximate surface area is 113 Å². The van der Waals surface area contributed by atoms with Crippen LogP contribution < -0.4 is 17.0 Å². The number of nitrogen functional groups attached to an aromatic ring is 1. The quantitative estimate of drug-likeness (QED) is 0.423. The third-order valence-electron chi connectivity index (χ3n) is 2.42. The van der Waals surface area contributed by atoms with E-state index in [2.05, 4.69) is 25.6 Å². The van der Waals surface area contributed by atoms with E-state index in [1.54, 1.807) is 13.1 Å². The maximum Gasteiger partial charge on any atom is 0.343 e. The molecule has 0 saturated carbocycles. The highest BCUT2D eigenvalue weighted by atomic mass is 32.2. The fourth-order valence-corrected chi connectivity index (χ4v) is 2.15. The zero-order valence-corrected chi connectivity index (χ0v) is 11.7. The van der Waals surface area contributed by atoms with Gasteiger partial charge in [-0.05, 0) is 11.8 Å². The van der Waals surface area contributed by atoms with Gasteiger partial charge in [-0.15, -0.1) is 5.10 Å². The predicted octanol–water partition coefficient (Wildman–Crippen LogP) is 0.459. The van der Waals surface area contributed by atoms with Crippen molar-refractivity contribution in [1.82, 2.24) is 24.7 Å². The standard InChI is InChI=1S/C10H15N7OS/c1-5(2)8-12-6(14-11)4-7(13-8)19-10-16-15-9(18)17(10)3/h4-5H,11H2,1-3H3,(H,15,18)(H,12,13,14). The fraction of sp³-hybridized carbons (Fsp3) is 0.400. The Morgan fingerprint density at radius 1 is 1.47 bits per heavy atom. The SMILES string of the molecule is CC(C)c1nc(NN)cc(Sc2n[nH]c(=O)n2C)n1. The molecule has 0 amide bonds. The van der Waals surface area contributed by atoms with Gasteiger partial charge in [0.2, 0.25) is 0 Å². The lowest BCUT2D eigenvalue weighted by Crippen LogP contribution is -2.13. The number of hydrogen-bond donors (Lipinski definition) is 3. The molecule has 0 saturated heterocycles. The van der Waals surface area contributed by atoms with Crippen LogP contribution in [0.5, 0.6) is 0 Å². The molecule has 0 radical (unpaired) electrons. The minimum absolute atomic E-state index is 0.177. The molecule has 102 valence electrons. The minimum Gasteiger partial charge on any atom is -0.308 e. The molecule has 0 atom stereocenters. The summed E-state index contributed by atoms with van der Waals surface area (Å²) in [5, 5.41) is 7.50. The summed E-state index contributed by atoms with van der Waals surface area (Å²) >= 11 is 1.27. The first-order valence-corrected chi connectivity index (χ1v) is 6.47. The summed E-state index contributed by atoms with van der Waals surface area (Å²) in [4.78, 5) is 20.0. The van der Waals surface area contributed by atoms with Crippen LogP contribution in [0.25, 0.3) is 0 Å². The zero-order valence-electron chi connectivity index (χ0n) is 10.8. The number of hydrazine groups is 1. The number of rotatable bonds is 4. The number of H-pyrrole nitrogens is 1. The summed E-state index contributed by atoms with van der Waals surface area (Å²) in [6.07, 6.45) is 0. The lowest BCUT2D eigenvalue weighted by molar-refractivity contribution is 0.746. The van der Waals surface area contributed by atoms with E-state index in [4.69, 9.17) is 5.84 Å². The van der Waals surface area contributed by atoms with Crippen LogP contribution in [-0.2, 0) is 7.05 Å². The van der Waals surface area contributed by atoms with Gasteiger partial charge in [-0.1, -0.05) is 13.8 Å². The second kappa shape index (κ2) is 5.41. The molecule has 0 aliphatic rings. The van der Waals surface area contributed by atoms with Gasteiger partial charge in [0, 0.05) is 19.0 Å². The molecular weight excluding hydrogens is 266 g/mol. The van der Waals surface area contributed by atoms with Crippen LogP contribution in [-0.4, -0.2) is 24.7 Å². The first kappa shape index (κ1) is 13.6. The Morgan fingerprint density at radius 2 is 2.21 bits per heavy atom. The van der Waals surface area contributed by atoms with Crippen molar-refractivity contribution in [1.29, 1.82) is 0 Å². The number of anilines is 1. The fourth-order valence-electron chi connectivity index (χ4n) is 1.34. The van der Waals surface area contributed by atoms with E-state index < -0.39 is 0 Å². The van der Waals surface area contributed by atoms with Crippen LogP contribution in [0.15, 0.2) is 21.0 Å². The van der Waals surface area contributed by atoms with Gasteiger partial charge in [0.15, 0.2) is 5.16 Å². The summed E-state index contributed by atoms with van der Waals surface area (Å²) in [5.74, 6) is 6.77. The van der Waals surface area contributed by atoms with Crippen molar-refractivity contribution < 1.29 is 0 Å². The van der Waals surface area contributed by atoms with Crippen LogP contribution >= 0.6 is 11.8 Å². The molecule has 2 rings (SSSR count). The molecule has 2 aromatic rings. The second-order valence-corrected chi connectivity index (χ2v) is 5.21. The maximum atomic E-state index is 11.3. The smallest absolute Gasteiger partial charge is 0.308 e. The van der Waals surface area contributed by atoms with E-state index in [-0.39, 0.29) is 11.6 Å². The molecule has 4 N–H and O–H groups in total.